The summed E-state index contributed by atoms with van der Waals surface area (Å²) in [5.41, 5.74) is 0.0694. The molecule has 0 amide bonds. The number of para-hydroxylation sites is 1. The van der Waals surface area contributed by atoms with E-state index in [1.54, 1.807) is 42.5 Å². The minimum absolute atomic E-state index is 0.00891. The minimum atomic E-state index is -0.775. The van der Waals surface area contributed by atoms with Gasteiger partial charge in [-0.2, -0.15) is 0 Å². The first-order valence-corrected chi connectivity index (χ1v) is 7.48. The Morgan fingerprint density at radius 2 is 1.96 bits per heavy atom. The van der Waals surface area contributed by atoms with Crippen LogP contribution in [0.2, 0.25) is 5.02 Å². The van der Waals surface area contributed by atoms with Crippen molar-refractivity contribution in [3.8, 4) is 5.75 Å². The van der Waals surface area contributed by atoms with Gasteiger partial charge in [0, 0.05) is 10.4 Å². The van der Waals surface area contributed by atoms with Gasteiger partial charge in [0.05, 0.1) is 7.11 Å². The fourth-order valence-electron chi connectivity index (χ4n) is 2.27. The second-order valence-corrected chi connectivity index (χ2v) is 5.47. The Kier molecular flexibility index (Phi) is 4.53. The summed E-state index contributed by atoms with van der Waals surface area (Å²) in [5, 5.41) is 1.12. The lowest BCUT2D eigenvalue weighted by Gasteiger charge is -2.07. The maximum Gasteiger partial charge on any atom is 0.351 e. The van der Waals surface area contributed by atoms with Crippen LogP contribution in [0.25, 0.3) is 11.0 Å². The van der Waals surface area contributed by atoms with E-state index in [1.165, 1.54) is 13.2 Å². The molecule has 3 rings (SSSR count). The molecular weight excluding hydrogens is 332 g/mol. The van der Waals surface area contributed by atoms with Gasteiger partial charge in [-0.1, -0.05) is 35.9 Å². The highest BCUT2D eigenvalue weighted by atomic mass is 35.5. The highest BCUT2D eigenvalue weighted by Gasteiger charge is 2.17. The van der Waals surface area contributed by atoms with Crippen molar-refractivity contribution in [2.75, 3.05) is 7.11 Å². The molecule has 0 N–H and O–H groups in total. The second-order valence-electron chi connectivity index (χ2n) is 5.03. The monoisotopic (exact) mass is 344 g/mol. The fraction of sp³-hybridized carbons (Fsp3) is 0.111. The predicted octanol–water partition coefficient (Wildman–Crippen LogP) is 3.81. The molecule has 0 radical (unpaired) electrons. The molecule has 3 aromatic rings. The van der Waals surface area contributed by atoms with Gasteiger partial charge in [-0.05, 0) is 29.8 Å². The van der Waals surface area contributed by atoms with E-state index < -0.39 is 11.6 Å². The first kappa shape index (κ1) is 16.1. The summed E-state index contributed by atoms with van der Waals surface area (Å²) in [7, 11) is 1.47. The Balaban J connectivity index is 1.87. The Labute approximate surface area is 142 Å². The highest BCUT2D eigenvalue weighted by molar-refractivity contribution is 6.30. The average Bonchev–Trinajstić information content (AvgIpc) is 2.58. The van der Waals surface area contributed by atoms with Crippen LogP contribution in [0.1, 0.15) is 15.9 Å². The van der Waals surface area contributed by atoms with Gasteiger partial charge in [0.2, 0.25) is 0 Å². The third-order valence-electron chi connectivity index (χ3n) is 3.42. The summed E-state index contributed by atoms with van der Waals surface area (Å²) in [6.45, 7) is 0.00891. The van der Waals surface area contributed by atoms with Gasteiger partial charge in [0.15, 0.2) is 11.3 Å². The lowest BCUT2D eigenvalue weighted by atomic mass is 10.2. The van der Waals surface area contributed by atoms with Crippen molar-refractivity contribution in [3.63, 3.8) is 0 Å². The van der Waals surface area contributed by atoms with Crippen LogP contribution < -0.4 is 10.4 Å². The number of rotatable bonds is 4. The summed E-state index contributed by atoms with van der Waals surface area (Å²) in [6, 6.07) is 13.5. The molecular formula is C18H13ClO5. The second kappa shape index (κ2) is 6.76. The fourth-order valence-corrected chi connectivity index (χ4v) is 2.49. The first-order chi connectivity index (χ1) is 11.6. The number of hydrogen-bond donors (Lipinski definition) is 0. The number of methoxy groups -OCH3 is 1. The van der Waals surface area contributed by atoms with Crippen molar-refractivity contribution in [2.24, 2.45) is 0 Å². The average molecular weight is 345 g/mol. The predicted molar refractivity (Wildman–Crippen MR) is 89.6 cm³/mol. The molecule has 0 unspecified atom stereocenters. The molecule has 122 valence electrons. The number of halogens is 1. The van der Waals surface area contributed by atoms with Crippen LogP contribution in [0.15, 0.2) is 57.7 Å². The van der Waals surface area contributed by atoms with Gasteiger partial charge < -0.3 is 13.9 Å². The van der Waals surface area contributed by atoms with Gasteiger partial charge in [-0.3, -0.25) is 0 Å². The maximum absolute atomic E-state index is 12.2. The molecule has 0 bridgehead atoms. The van der Waals surface area contributed by atoms with E-state index >= 15 is 0 Å². The number of esters is 1. The van der Waals surface area contributed by atoms with Crippen LogP contribution in [0.3, 0.4) is 0 Å². The molecule has 0 saturated heterocycles. The van der Waals surface area contributed by atoms with Crippen molar-refractivity contribution in [1.29, 1.82) is 0 Å². The molecule has 1 aromatic heterocycles. The molecule has 24 heavy (non-hydrogen) atoms. The zero-order valence-electron chi connectivity index (χ0n) is 12.7. The topological polar surface area (TPSA) is 65.7 Å². The summed E-state index contributed by atoms with van der Waals surface area (Å²) >= 11 is 5.88. The molecule has 2 aromatic carbocycles. The zero-order chi connectivity index (χ0) is 17.1. The standard InChI is InChI=1S/C18H13ClO5/c1-22-15-7-3-5-12-9-14(18(21)24-16(12)15)17(20)23-10-11-4-2-6-13(19)8-11/h2-9H,10H2,1H3. The summed E-state index contributed by atoms with van der Waals surface area (Å²) in [4.78, 5) is 24.2. The number of carbonyl (C=O) groups excluding carboxylic acids is 1. The summed E-state index contributed by atoms with van der Waals surface area (Å²) < 4.78 is 15.5. The lowest BCUT2D eigenvalue weighted by Crippen LogP contribution is -2.16. The Morgan fingerprint density at radius 1 is 1.17 bits per heavy atom. The van der Waals surface area contributed by atoms with Gasteiger partial charge in [0.1, 0.15) is 12.2 Å². The molecule has 0 spiro atoms. The van der Waals surface area contributed by atoms with E-state index in [0.29, 0.717) is 16.2 Å². The van der Waals surface area contributed by atoms with E-state index in [4.69, 9.17) is 25.5 Å². The minimum Gasteiger partial charge on any atom is -0.493 e. The van der Waals surface area contributed by atoms with Crippen molar-refractivity contribution in [3.05, 3.63) is 75.1 Å². The van der Waals surface area contributed by atoms with E-state index in [2.05, 4.69) is 0 Å². The maximum atomic E-state index is 12.2. The normalized spacial score (nSPS) is 10.6. The Morgan fingerprint density at radius 3 is 2.71 bits per heavy atom. The highest BCUT2D eigenvalue weighted by Crippen LogP contribution is 2.24. The van der Waals surface area contributed by atoms with Crippen LogP contribution in [0.5, 0.6) is 5.75 Å². The molecule has 0 aliphatic carbocycles. The smallest absolute Gasteiger partial charge is 0.351 e. The van der Waals surface area contributed by atoms with Crippen LogP contribution in [-0.2, 0) is 11.3 Å². The molecule has 0 fully saturated rings. The number of hydrogen-bond acceptors (Lipinski definition) is 5. The van der Waals surface area contributed by atoms with Crippen molar-refractivity contribution in [1.82, 2.24) is 0 Å². The number of benzene rings is 2. The molecule has 1 heterocycles. The lowest BCUT2D eigenvalue weighted by molar-refractivity contribution is 0.0468. The zero-order valence-corrected chi connectivity index (χ0v) is 13.5. The van der Waals surface area contributed by atoms with Gasteiger partial charge >= 0.3 is 11.6 Å². The molecule has 0 aliphatic rings. The largest absolute Gasteiger partial charge is 0.493 e. The Bertz CT molecular complexity index is 961. The molecule has 6 heteroatoms. The van der Waals surface area contributed by atoms with E-state index in [0.717, 1.165) is 5.56 Å². The Hall–Kier alpha value is -2.79. The van der Waals surface area contributed by atoms with Gasteiger partial charge in [0.25, 0.3) is 0 Å². The summed E-state index contributed by atoms with van der Waals surface area (Å²) in [6.07, 6.45) is 0. The van der Waals surface area contributed by atoms with Crippen LogP contribution in [-0.4, -0.2) is 13.1 Å². The number of carbonyl (C=O) groups is 1. The molecule has 0 atom stereocenters. The molecule has 0 aliphatic heterocycles. The van der Waals surface area contributed by atoms with Crippen molar-refractivity contribution in [2.45, 2.75) is 6.61 Å². The third kappa shape index (κ3) is 3.26. The molecule has 0 saturated carbocycles. The quantitative estimate of drug-likeness (QED) is 0.532. The molecule has 5 nitrogen and oxygen atoms in total. The summed E-state index contributed by atoms with van der Waals surface area (Å²) in [5.74, 6) is -0.336. The van der Waals surface area contributed by atoms with Crippen LogP contribution in [0, 0.1) is 0 Å². The van der Waals surface area contributed by atoms with E-state index in [9.17, 15) is 9.59 Å². The van der Waals surface area contributed by atoms with Crippen LogP contribution >= 0.6 is 11.6 Å². The van der Waals surface area contributed by atoms with Gasteiger partial charge in [-0.15, -0.1) is 0 Å². The van der Waals surface area contributed by atoms with Gasteiger partial charge in [-0.25, -0.2) is 9.59 Å². The first-order valence-electron chi connectivity index (χ1n) is 7.11. The number of fused-ring (bicyclic) bond motifs is 1. The third-order valence-corrected chi connectivity index (χ3v) is 3.66. The SMILES string of the molecule is COc1cccc2cc(C(=O)OCc3cccc(Cl)c3)c(=O)oc12. The van der Waals surface area contributed by atoms with E-state index in [-0.39, 0.29) is 17.8 Å². The number of ether oxygens (including phenoxy) is 2. The van der Waals surface area contributed by atoms with E-state index in [1.807, 2.05) is 0 Å². The van der Waals surface area contributed by atoms with Crippen molar-refractivity contribution >= 4 is 28.5 Å². The van der Waals surface area contributed by atoms with Crippen LogP contribution in [0.4, 0.5) is 0 Å². The van der Waals surface area contributed by atoms with Crippen molar-refractivity contribution < 1.29 is 18.7 Å².